The van der Waals surface area contributed by atoms with Crippen LogP contribution in [-0.4, -0.2) is 11.3 Å². The molecule has 2 rings (SSSR count). The van der Waals surface area contributed by atoms with Gasteiger partial charge in [-0.1, -0.05) is 5.11 Å². The van der Waals surface area contributed by atoms with Gasteiger partial charge in [0.05, 0.1) is 6.54 Å². The molecule has 94 valence electrons. The number of aromatic amines is 1. The first-order chi connectivity index (χ1) is 8.49. The van der Waals surface area contributed by atoms with Crippen molar-refractivity contribution in [1.29, 1.82) is 0 Å². The quantitative estimate of drug-likeness (QED) is 0.505. The zero-order chi connectivity index (χ0) is 13.2. The Morgan fingerprint density at radius 2 is 2.17 bits per heavy atom. The van der Waals surface area contributed by atoms with Gasteiger partial charge in [0.15, 0.2) is 0 Å². The number of benzene rings is 1. The van der Waals surface area contributed by atoms with E-state index in [0.717, 1.165) is 0 Å². The fourth-order valence-corrected chi connectivity index (χ4v) is 1.59. The van der Waals surface area contributed by atoms with Crippen LogP contribution in [0.2, 0.25) is 0 Å². The van der Waals surface area contributed by atoms with E-state index in [2.05, 4.69) is 19.7 Å². The van der Waals surface area contributed by atoms with Crippen LogP contribution in [0.1, 0.15) is 5.56 Å². The van der Waals surface area contributed by atoms with Crippen LogP contribution in [0.5, 0.6) is 5.75 Å². The van der Waals surface area contributed by atoms with Crippen LogP contribution in [0, 0.1) is 0 Å². The van der Waals surface area contributed by atoms with Crippen molar-refractivity contribution in [2.75, 3.05) is 0 Å². The molecule has 0 aliphatic carbocycles. The zero-order valence-corrected chi connectivity index (χ0v) is 8.90. The fraction of sp³-hybridized carbons (Fsp3) is 0.200. The molecule has 1 aromatic carbocycles. The predicted octanol–water partition coefficient (Wildman–Crippen LogP) is 3.88. The molecule has 0 atom stereocenters. The number of nitrogens with zero attached hydrogens (tertiary/aromatic N) is 3. The first-order valence-corrected chi connectivity index (χ1v) is 4.86. The summed E-state index contributed by atoms with van der Waals surface area (Å²) in [6.07, 6.45) is -3.15. The molecule has 0 bridgehead atoms. The van der Waals surface area contributed by atoms with Crippen LogP contribution in [0.15, 0.2) is 29.5 Å². The van der Waals surface area contributed by atoms with Crippen LogP contribution in [0.25, 0.3) is 21.3 Å². The smallest absolute Gasteiger partial charge is 0.406 e. The van der Waals surface area contributed by atoms with Gasteiger partial charge in [-0.3, -0.25) is 0 Å². The van der Waals surface area contributed by atoms with Gasteiger partial charge in [0.1, 0.15) is 5.75 Å². The van der Waals surface area contributed by atoms with Crippen molar-refractivity contribution in [3.63, 3.8) is 0 Å². The minimum atomic E-state index is -4.73. The standard InChI is InChI=1S/C10H7F3N4O/c11-10(12,13)18-7-1-2-9-8(3-7)6(4-15-9)5-16-17-14/h1-4,15H,5H2. The second-order valence-corrected chi connectivity index (χ2v) is 3.46. The number of fused-ring (bicyclic) bond motifs is 1. The Morgan fingerprint density at radius 1 is 1.39 bits per heavy atom. The van der Waals surface area contributed by atoms with Crippen molar-refractivity contribution >= 4 is 10.9 Å². The Kier molecular flexibility index (Phi) is 3.03. The molecular weight excluding hydrogens is 249 g/mol. The Labute approximate surface area is 98.8 Å². The molecule has 0 aliphatic rings. The highest BCUT2D eigenvalue weighted by Crippen LogP contribution is 2.28. The van der Waals surface area contributed by atoms with Crippen molar-refractivity contribution < 1.29 is 17.9 Å². The van der Waals surface area contributed by atoms with Gasteiger partial charge in [-0.05, 0) is 29.3 Å². The number of hydrogen-bond donors (Lipinski definition) is 1. The molecule has 0 saturated heterocycles. The van der Waals surface area contributed by atoms with Crippen molar-refractivity contribution in [2.45, 2.75) is 12.9 Å². The van der Waals surface area contributed by atoms with Gasteiger partial charge in [0.2, 0.25) is 0 Å². The maximum Gasteiger partial charge on any atom is 0.573 e. The van der Waals surface area contributed by atoms with Gasteiger partial charge in [-0.25, -0.2) is 0 Å². The normalized spacial score (nSPS) is 11.3. The number of rotatable bonds is 3. The van der Waals surface area contributed by atoms with E-state index in [0.29, 0.717) is 16.5 Å². The first-order valence-electron chi connectivity index (χ1n) is 4.86. The number of alkyl halides is 3. The van der Waals surface area contributed by atoms with Crippen LogP contribution >= 0.6 is 0 Å². The lowest BCUT2D eigenvalue weighted by Gasteiger charge is -2.08. The Balaban J connectivity index is 2.38. The molecule has 0 unspecified atom stereocenters. The van der Waals surface area contributed by atoms with E-state index in [1.54, 1.807) is 6.20 Å². The summed E-state index contributed by atoms with van der Waals surface area (Å²) in [6, 6.07) is 3.93. The third kappa shape index (κ3) is 2.67. The van der Waals surface area contributed by atoms with Gasteiger partial charge in [0.25, 0.3) is 0 Å². The molecule has 1 heterocycles. The number of H-pyrrole nitrogens is 1. The lowest BCUT2D eigenvalue weighted by atomic mass is 10.1. The molecule has 0 saturated carbocycles. The van der Waals surface area contributed by atoms with E-state index in [4.69, 9.17) is 5.53 Å². The summed E-state index contributed by atoms with van der Waals surface area (Å²) in [6.45, 7) is 0.0615. The van der Waals surface area contributed by atoms with Gasteiger partial charge >= 0.3 is 6.36 Å². The highest BCUT2D eigenvalue weighted by atomic mass is 19.4. The number of aromatic nitrogens is 1. The second kappa shape index (κ2) is 4.50. The van der Waals surface area contributed by atoms with Gasteiger partial charge in [-0.15, -0.1) is 13.2 Å². The van der Waals surface area contributed by atoms with Crippen LogP contribution < -0.4 is 4.74 Å². The molecule has 0 amide bonds. The van der Waals surface area contributed by atoms with Crippen molar-refractivity contribution in [3.8, 4) is 5.75 Å². The summed E-state index contributed by atoms with van der Waals surface area (Å²) in [5.74, 6) is -0.309. The molecule has 2 aromatic rings. The minimum absolute atomic E-state index is 0.0615. The molecule has 18 heavy (non-hydrogen) atoms. The predicted molar refractivity (Wildman–Crippen MR) is 57.8 cm³/mol. The van der Waals surface area contributed by atoms with E-state index < -0.39 is 6.36 Å². The highest BCUT2D eigenvalue weighted by molar-refractivity contribution is 5.84. The second-order valence-electron chi connectivity index (χ2n) is 3.46. The summed E-state index contributed by atoms with van der Waals surface area (Å²) in [4.78, 5) is 5.47. The maximum atomic E-state index is 12.1. The first kappa shape index (κ1) is 12.1. The van der Waals surface area contributed by atoms with E-state index in [1.807, 2.05) is 0 Å². The average molecular weight is 256 g/mol. The number of nitrogens with one attached hydrogen (secondary N) is 1. The molecule has 0 radical (unpaired) electrons. The summed E-state index contributed by atoms with van der Waals surface area (Å²) in [7, 11) is 0. The summed E-state index contributed by atoms with van der Waals surface area (Å²) >= 11 is 0. The monoisotopic (exact) mass is 256 g/mol. The van der Waals surface area contributed by atoms with Gasteiger partial charge in [-0.2, -0.15) is 0 Å². The Morgan fingerprint density at radius 3 is 2.83 bits per heavy atom. The largest absolute Gasteiger partial charge is 0.573 e. The van der Waals surface area contributed by atoms with E-state index in [-0.39, 0.29) is 12.3 Å². The third-order valence-electron chi connectivity index (χ3n) is 2.28. The SMILES string of the molecule is [N-]=[N+]=NCc1c[nH]c2ccc(OC(F)(F)F)cc12. The Bertz CT molecular complexity index is 613. The third-order valence-corrected chi connectivity index (χ3v) is 2.28. The van der Waals surface area contributed by atoms with Crippen molar-refractivity contribution in [2.24, 2.45) is 5.11 Å². The number of halogens is 3. The molecule has 0 aliphatic heterocycles. The van der Waals surface area contributed by atoms with Crippen LogP contribution in [-0.2, 0) is 6.54 Å². The molecule has 8 heteroatoms. The molecule has 1 aromatic heterocycles. The molecule has 5 nitrogen and oxygen atoms in total. The summed E-state index contributed by atoms with van der Waals surface area (Å²) < 4.78 is 40.0. The van der Waals surface area contributed by atoms with Crippen LogP contribution in [0.3, 0.4) is 0 Å². The van der Waals surface area contributed by atoms with Gasteiger partial charge in [0, 0.05) is 22.0 Å². The topological polar surface area (TPSA) is 73.8 Å². The number of ether oxygens (including phenoxy) is 1. The minimum Gasteiger partial charge on any atom is -0.406 e. The number of hydrogen-bond acceptors (Lipinski definition) is 2. The highest BCUT2D eigenvalue weighted by Gasteiger charge is 2.31. The molecule has 0 spiro atoms. The summed E-state index contributed by atoms with van der Waals surface area (Å²) in [5, 5.41) is 3.90. The zero-order valence-electron chi connectivity index (χ0n) is 8.90. The molecule has 0 fully saturated rings. The van der Waals surface area contributed by atoms with Crippen molar-refractivity contribution in [3.05, 3.63) is 40.4 Å². The van der Waals surface area contributed by atoms with E-state index in [1.165, 1.54) is 18.2 Å². The summed E-state index contributed by atoms with van der Waals surface area (Å²) in [5.41, 5.74) is 9.47. The lowest BCUT2D eigenvalue weighted by molar-refractivity contribution is -0.274. The van der Waals surface area contributed by atoms with E-state index in [9.17, 15) is 13.2 Å². The number of azide groups is 1. The Hall–Kier alpha value is -2.34. The van der Waals surface area contributed by atoms with Crippen molar-refractivity contribution in [1.82, 2.24) is 4.98 Å². The van der Waals surface area contributed by atoms with Crippen LogP contribution in [0.4, 0.5) is 13.2 Å². The average Bonchev–Trinajstić information content (AvgIpc) is 2.67. The lowest BCUT2D eigenvalue weighted by Crippen LogP contribution is -2.16. The molecule has 1 N–H and O–H groups in total. The van der Waals surface area contributed by atoms with Gasteiger partial charge < -0.3 is 9.72 Å². The molecular formula is C10H7F3N4O. The fourth-order valence-electron chi connectivity index (χ4n) is 1.59. The van der Waals surface area contributed by atoms with E-state index >= 15 is 0 Å². The maximum absolute atomic E-state index is 12.1.